The van der Waals surface area contributed by atoms with E-state index >= 15 is 0 Å². The lowest BCUT2D eigenvalue weighted by atomic mass is 10.3. The molecule has 0 unspecified atom stereocenters. The summed E-state index contributed by atoms with van der Waals surface area (Å²) in [5.74, 6) is 2.39. The van der Waals surface area contributed by atoms with Crippen LogP contribution in [0.2, 0.25) is 10.0 Å². The number of hydrogen-bond donors (Lipinski definition) is 3. The van der Waals surface area contributed by atoms with Gasteiger partial charge in [-0.1, -0.05) is 29.3 Å². The van der Waals surface area contributed by atoms with Gasteiger partial charge in [-0.3, -0.25) is 4.72 Å². The van der Waals surface area contributed by atoms with Gasteiger partial charge in [0, 0.05) is 28.7 Å². The molecule has 2 aromatic carbocycles. The predicted molar refractivity (Wildman–Crippen MR) is 131 cm³/mol. The van der Waals surface area contributed by atoms with Gasteiger partial charge >= 0.3 is 0 Å². The van der Waals surface area contributed by atoms with E-state index in [9.17, 15) is 8.42 Å². The molecule has 4 rings (SSSR count). The van der Waals surface area contributed by atoms with E-state index in [4.69, 9.17) is 23.2 Å². The summed E-state index contributed by atoms with van der Waals surface area (Å²) in [6, 6.07) is 18.2. The zero-order chi connectivity index (χ0) is 23.4. The Hall–Kier alpha value is -3.40. The number of benzene rings is 2. The molecule has 0 fully saturated rings. The Morgan fingerprint density at radius 1 is 0.788 bits per heavy atom. The summed E-state index contributed by atoms with van der Waals surface area (Å²) in [6.45, 7) is 1.79. The largest absolute Gasteiger partial charge is 0.340 e. The molecular weight excluding hydrogens is 483 g/mol. The molecule has 0 aliphatic carbocycles. The first-order valence-electron chi connectivity index (χ1n) is 9.67. The third kappa shape index (κ3) is 5.89. The number of sulfonamides is 1. The minimum Gasteiger partial charge on any atom is -0.340 e. The number of aryl methyl sites for hydroxylation is 1. The van der Waals surface area contributed by atoms with Gasteiger partial charge in [0.15, 0.2) is 0 Å². The molecule has 2 heterocycles. The molecule has 0 bridgehead atoms. The van der Waals surface area contributed by atoms with E-state index in [2.05, 4.69) is 30.3 Å². The standard InChI is InChI=1S/C22H18Cl2N6O2S/c1-14-26-21(13-22(27-14)29-20-4-2-3-11-25-20)28-16-6-8-17(9-7-16)30-33(31,32)19-12-15(23)5-10-18(19)24/h2-13,30H,1H3,(H2,25,26,27,28,29). The van der Waals surface area contributed by atoms with Crippen molar-refractivity contribution in [3.05, 3.63) is 88.8 Å². The minimum atomic E-state index is -3.90. The van der Waals surface area contributed by atoms with Crippen LogP contribution in [0.1, 0.15) is 5.82 Å². The molecule has 0 aliphatic heterocycles. The number of pyridine rings is 1. The Balaban J connectivity index is 1.48. The molecule has 0 aliphatic rings. The molecule has 4 aromatic rings. The SMILES string of the molecule is Cc1nc(Nc2ccc(NS(=O)(=O)c3cc(Cl)ccc3Cl)cc2)cc(Nc2ccccn2)n1. The smallest absolute Gasteiger partial charge is 0.263 e. The summed E-state index contributed by atoms with van der Waals surface area (Å²) in [6.07, 6.45) is 1.69. The Bertz CT molecular complexity index is 1380. The van der Waals surface area contributed by atoms with Gasteiger partial charge in [-0.15, -0.1) is 0 Å². The van der Waals surface area contributed by atoms with Gasteiger partial charge in [0.1, 0.15) is 28.2 Å². The van der Waals surface area contributed by atoms with Crippen LogP contribution in [0.15, 0.2) is 77.8 Å². The van der Waals surface area contributed by atoms with Crippen molar-refractivity contribution in [2.24, 2.45) is 0 Å². The highest BCUT2D eigenvalue weighted by Crippen LogP contribution is 2.27. The second-order valence-electron chi connectivity index (χ2n) is 6.91. The van der Waals surface area contributed by atoms with Gasteiger partial charge in [-0.05, 0) is 61.5 Å². The summed E-state index contributed by atoms with van der Waals surface area (Å²) >= 11 is 11.9. The van der Waals surface area contributed by atoms with Crippen LogP contribution >= 0.6 is 23.2 Å². The maximum atomic E-state index is 12.7. The molecule has 33 heavy (non-hydrogen) atoms. The number of halogens is 2. The van der Waals surface area contributed by atoms with Gasteiger partial charge in [0.05, 0.1) is 5.02 Å². The molecule has 0 saturated carbocycles. The van der Waals surface area contributed by atoms with Crippen LogP contribution in [-0.4, -0.2) is 23.4 Å². The van der Waals surface area contributed by atoms with Gasteiger partial charge in [0.2, 0.25) is 0 Å². The van der Waals surface area contributed by atoms with Gasteiger partial charge < -0.3 is 10.6 Å². The Morgan fingerprint density at radius 3 is 2.18 bits per heavy atom. The number of nitrogens with one attached hydrogen (secondary N) is 3. The van der Waals surface area contributed by atoms with E-state index in [1.165, 1.54) is 18.2 Å². The molecule has 0 atom stereocenters. The van der Waals surface area contributed by atoms with Crippen molar-refractivity contribution in [3.63, 3.8) is 0 Å². The van der Waals surface area contributed by atoms with Crippen molar-refractivity contribution in [3.8, 4) is 0 Å². The highest BCUT2D eigenvalue weighted by atomic mass is 35.5. The third-order valence-corrected chi connectivity index (χ3v) is 6.45. The third-order valence-electron chi connectivity index (χ3n) is 4.35. The van der Waals surface area contributed by atoms with Gasteiger partial charge in [-0.25, -0.2) is 23.4 Å². The van der Waals surface area contributed by atoms with Crippen molar-refractivity contribution >= 4 is 62.1 Å². The molecular formula is C22H18Cl2N6O2S. The molecule has 11 heteroatoms. The lowest BCUT2D eigenvalue weighted by Crippen LogP contribution is -2.13. The molecule has 0 radical (unpaired) electrons. The number of aromatic nitrogens is 3. The normalized spacial score (nSPS) is 11.1. The van der Waals surface area contributed by atoms with Gasteiger partial charge in [0.25, 0.3) is 10.0 Å². The van der Waals surface area contributed by atoms with Crippen LogP contribution < -0.4 is 15.4 Å². The number of rotatable bonds is 7. The Kier molecular flexibility index (Phi) is 6.64. The molecule has 0 amide bonds. The van der Waals surface area contributed by atoms with E-state index in [1.807, 2.05) is 18.2 Å². The first-order chi connectivity index (χ1) is 15.8. The van der Waals surface area contributed by atoms with Crippen molar-refractivity contribution in [2.75, 3.05) is 15.4 Å². The summed E-state index contributed by atoms with van der Waals surface area (Å²) in [5.41, 5.74) is 1.08. The maximum Gasteiger partial charge on any atom is 0.263 e. The van der Waals surface area contributed by atoms with Crippen LogP contribution in [0.4, 0.5) is 28.8 Å². The number of nitrogens with zero attached hydrogens (tertiary/aromatic N) is 3. The van der Waals surface area contributed by atoms with E-state index in [-0.39, 0.29) is 14.9 Å². The van der Waals surface area contributed by atoms with E-state index in [1.54, 1.807) is 43.5 Å². The van der Waals surface area contributed by atoms with Crippen molar-refractivity contribution in [1.29, 1.82) is 0 Å². The molecule has 8 nitrogen and oxygen atoms in total. The Labute approximate surface area is 201 Å². The molecule has 3 N–H and O–H groups in total. The second kappa shape index (κ2) is 9.62. The summed E-state index contributed by atoms with van der Waals surface area (Å²) < 4.78 is 27.9. The number of anilines is 5. The molecule has 0 saturated heterocycles. The lowest BCUT2D eigenvalue weighted by Gasteiger charge is -2.12. The summed E-state index contributed by atoms with van der Waals surface area (Å²) in [4.78, 5) is 12.9. The predicted octanol–water partition coefficient (Wildman–Crippen LogP) is 5.77. The minimum absolute atomic E-state index is 0.0828. The van der Waals surface area contributed by atoms with Crippen LogP contribution in [0.25, 0.3) is 0 Å². The van der Waals surface area contributed by atoms with Gasteiger partial charge in [-0.2, -0.15) is 0 Å². The Morgan fingerprint density at radius 2 is 1.48 bits per heavy atom. The summed E-state index contributed by atoms with van der Waals surface area (Å²) in [5, 5.41) is 6.67. The average Bonchev–Trinajstić information content (AvgIpc) is 2.77. The van der Waals surface area contributed by atoms with Crippen LogP contribution in [0.3, 0.4) is 0 Å². The first kappa shape index (κ1) is 22.8. The molecule has 168 valence electrons. The second-order valence-corrected chi connectivity index (χ2v) is 9.40. The van der Waals surface area contributed by atoms with Crippen LogP contribution in [0.5, 0.6) is 0 Å². The highest BCUT2D eigenvalue weighted by molar-refractivity contribution is 7.92. The fourth-order valence-corrected chi connectivity index (χ4v) is 4.75. The zero-order valence-corrected chi connectivity index (χ0v) is 19.6. The van der Waals surface area contributed by atoms with Crippen molar-refractivity contribution < 1.29 is 8.42 Å². The van der Waals surface area contributed by atoms with E-state index in [0.717, 1.165) is 0 Å². The first-order valence-corrected chi connectivity index (χ1v) is 11.9. The monoisotopic (exact) mass is 500 g/mol. The van der Waals surface area contributed by atoms with Crippen LogP contribution in [0, 0.1) is 6.92 Å². The maximum absolute atomic E-state index is 12.7. The van der Waals surface area contributed by atoms with E-state index < -0.39 is 10.0 Å². The fourth-order valence-electron chi connectivity index (χ4n) is 2.93. The number of hydrogen-bond acceptors (Lipinski definition) is 7. The summed E-state index contributed by atoms with van der Waals surface area (Å²) in [7, 11) is -3.90. The van der Waals surface area contributed by atoms with Crippen molar-refractivity contribution in [1.82, 2.24) is 15.0 Å². The quantitative estimate of drug-likeness (QED) is 0.295. The topological polar surface area (TPSA) is 109 Å². The highest BCUT2D eigenvalue weighted by Gasteiger charge is 2.18. The molecule has 2 aromatic heterocycles. The van der Waals surface area contributed by atoms with Crippen LogP contribution in [-0.2, 0) is 10.0 Å². The average molecular weight is 501 g/mol. The van der Waals surface area contributed by atoms with Crippen molar-refractivity contribution in [2.45, 2.75) is 11.8 Å². The van der Waals surface area contributed by atoms with E-state index in [0.29, 0.717) is 34.7 Å². The lowest BCUT2D eigenvalue weighted by molar-refractivity contribution is 0.601. The zero-order valence-electron chi connectivity index (χ0n) is 17.3. The fraction of sp³-hybridized carbons (Fsp3) is 0.0455. The molecule has 0 spiro atoms.